The van der Waals surface area contributed by atoms with Gasteiger partial charge in [-0.3, -0.25) is 0 Å². The number of aryl methyl sites for hydroxylation is 2. The maximum Gasteiger partial charge on any atom is 0.150 e. The van der Waals surface area contributed by atoms with E-state index in [1.165, 1.54) is 61.2 Å². The quantitative estimate of drug-likeness (QED) is 0.0636. The first-order valence-electron chi connectivity index (χ1n) is 15.2. The standard InChI is InChI=1S/C32H30Cl8N4S2/c1-3-5-7-9-11-13-15-41-43-31(45-15)21-25(35)17-19(27(37)29(21)39)24(34)20-18(23(17)33)26(36)22(30(40)28(20)38)32-44-42-16(46-32)14-12-10-8-6-4-2/h3-14H2,1-2H3. The lowest BCUT2D eigenvalue weighted by Crippen LogP contribution is -1.94. The third kappa shape index (κ3) is 7.38. The second-order valence-electron chi connectivity index (χ2n) is 11.1. The Morgan fingerprint density at radius 1 is 0.391 bits per heavy atom. The summed E-state index contributed by atoms with van der Waals surface area (Å²) >= 11 is 58.7. The van der Waals surface area contributed by atoms with Crippen molar-refractivity contribution in [2.45, 2.75) is 90.9 Å². The smallest absolute Gasteiger partial charge is 0.143 e. The van der Waals surface area contributed by atoms with Crippen molar-refractivity contribution in [1.82, 2.24) is 20.4 Å². The van der Waals surface area contributed by atoms with Gasteiger partial charge >= 0.3 is 0 Å². The molecule has 46 heavy (non-hydrogen) atoms. The van der Waals surface area contributed by atoms with Gasteiger partial charge in [0.1, 0.15) is 10.0 Å². The van der Waals surface area contributed by atoms with Crippen molar-refractivity contribution < 1.29 is 0 Å². The van der Waals surface area contributed by atoms with Gasteiger partial charge in [-0.25, -0.2) is 0 Å². The van der Waals surface area contributed by atoms with Crippen LogP contribution in [0.5, 0.6) is 0 Å². The van der Waals surface area contributed by atoms with Gasteiger partial charge in [-0.15, -0.1) is 20.4 Å². The average Bonchev–Trinajstić information content (AvgIpc) is 3.69. The van der Waals surface area contributed by atoms with Crippen molar-refractivity contribution in [3.8, 4) is 21.1 Å². The van der Waals surface area contributed by atoms with Gasteiger partial charge in [-0.1, -0.05) is 181 Å². The van der Waals surface area contributed by atoms with Crippen LogP contribution in [0, 0.1) is 0 Å². The first kappa shape index (κ1) is 36.9. The lowest BCUT2D eigenvalue weighted by Gasteiger charge is -2.19. The Hall–Kier alpha value is -0.380. The van der Waals surface area contributed by atoms with Gasteiger partial charge < -0.3 is 0 Å². The number of nitrogens with zero attached hydrogens (tertiary/aromatic N) is 4. The van der Waals surface area contributed by atoms with Crippen molar-refractivity contribution in [1.29, 1.82) is 0 Å². The highest BCUT2D eigenvalue weighted by Crippen LogP contribution is 2.57. The summed E-state index contributed by atoms with van der Waals surface area (Å²) in [5, 5.41) is 23.4. The monoisotopic (exact) mass is 814 g/mol. The zero-order valence-corrected chi connectivity index (χ0v) is 32.8. The van der Waals surface area contributed by atoms with Crippen LogP contribution in [0.1, 0.15) is 88.1 Å². The number of benzene rings is 3. The summed E-state index contributed by atoms with van der Waals surface area (Å²) in [5.41, 5.74) is 0.856. The van der Waals surface area contributed by atoms with Crippen LogP contribution < -0.4 is 0 Å². The molecule has 0 fully saturated rings. The molecule has 0 radical (unpaired) electrons. The molecule has 0 aliphatic carbocycles. The van der Waals surface area contributed by atoms with E-state index in [0.717, 1.165) is 48.5 Å². The van der Waals surface area contributed by atoms with E-state index in [-0.39, 0.29) is 40.2 Å². The third-order valence-electron chi connectivity index (χ3n) is 7.87. The third-order valence-corrected chi connectivity index (χ3v) is 13.1. The van der Waals surface area contributed by atoms with Crippen LogP contribution in [0.3, 0.4) is 0 Å². The highest BCUT2D eigenvalue weighted by molar-refractivity contribution is 7.15. The number of unbranched alkanes of at least 4 members (excludes halogenated alkanes) is 8. The molecule has 0 spiro atoms. The molecule has 5 aromatic rings. The van der Waals surface area contributed by atoms with Crippen LogP contribution in [0.4, 0.5) is 0 Å². The van der Waals surface area contributed by atoms with Gasteiger partial charge in [0, 0.05) is 34.4 Å². The summed E-state index contributed by atoms with van der Waals surface area (Å²) in [6.07, 6.45) is 13.2. The van der Waals surface area contributed by atoms with Crippen molar-refractivity contribution >= 4 is 137 Å². The Labute approximate surface area is 317 Å². The van der Waals surface area contributed by atoms with E-state index in [1.807, 2.05) is 0 Å². The SMILES string of the molecule is CCCCCCCc1nnc(-c2c(Cl)c(Cl)c3c(Cl)c4c(Cl)c(Cl)c(-c5nnc(CCCCCCC)s5)c(Cl)c4c(Cl)c3c2Cl)s1. The minimum atomic E-state index is 0.154. The highest BCUT2D eigenvalue weighted by Gasteiger charge is 2.30. The molecule has 0 bridgehead atoms. The molecular formula is C32H30Cl8N4S2. The summed E-state index contributed by atoms with van der Waals surface area (Å²) in [7, 11) is 0. The fourth-order valence-corrected chi connectivity index (χ4v) is 10.5. The lowest BCUT2D eigenvalue weighted by atomic mass is 9.99. The topological polar surface area (TPSA) is 51.6 Å². The molecule has 14 heteroatoms. The van der Waals surface area contributed by atoms with Crippen LogP contribution in [0.15, 0.2) is 0 Å². The van der Waals surface area contributed by atoms with Gasteiger partial charge in [-0.05, 0) is 12.8 Å². The Morgan fingerprint density at radius 3 is 1.11 bits per heavy atom. The predicted octanol–water partition coefficient (Wildman–Crippen LogP) is 15.3. The fraction of sp³-hybridized carbons (Fsp3) is 0.438. The number of hydrogen-bond acceptors (Lipinski definition) is 6. The normalized spacial score (nSPS) is 11.9. The Bertz CT molecular complexity index is 1760. The van der Waals surface area contributed by atoms with Crippen LogP contribution in [0.25, 0.3) is 42.7 Å². The molecule has 0 saturated heterocycles. The summed E-state index contributed by atoms with van der Waals surface area (Å²) < 4.78 is 0. The largest absolute Gasteiger partial charge is 0.150 e. The van der Waals surface area contributed by atoms with E-state index >= 15 is 0 Å². The van der Waals surface area contributed by atoms with E-state index in [4.69, 9.17) is 92.8 Å². The molecule has 0 amide bonds. The molecule has 0 aliphatic rings. The predicted molar refractivity (Wildman–Crippen MR) is 204 cm³/mol. The summed E-state index contributed by atoms with van der Waals surface area (Å²) in [6, 6.07) is 0. The Morgan fingerprint density at radius 2 is 0.739 bits per heavy atom. The van der Waals surface area contributed by atoms with Crippen molar-refractivity contribution in [3.05, 3.63) is 50.2 Å². The molecule has 2 aromatic heterocycles. The Kier molecular flexibility index (Phi) is 13.3. The summed E-state index contributed by atoms with van der Waals surface area (Å²) in [4.78, 5) is 0. The zero-order valence-electron chi connectivity index (χ0n) is 25.1. The molecule has 0 saturated carbocycles. The number of hydrogen-bond donors (Lipinski definition) is 0. The van der Waals surface area contributed by atoms with Crippen LogP contribution in [0.2, 0.25) is 40.2 Å². The van der Waals surface area contributed by atoms with Crippen LogP contribution in [-0.2, 0) is 12.8 Å². The molecule has 5 rings (SSSR count). The molecule has 246 valence electrons. The second kappa shape index (κ2) is 16.6. The molecule has 0 aliphatic heterocycles. The average molecular weight is 818 g/mol. The van der Waals surface area contributed by atoms with E-state index in [1.54, 1.807) is 0 Å². The van der Waals surface area contributed by atoms with Crippen LogP contribution >= 0.6 is 115 Å². The van der Waals surface area contributed by atoms with Gasteiger partial charge in [-0.2, -0.15) is 0 Å². The molecular weight excluding hydrogens is 788 g/mol. The first-order valence-corrected chi connectivity index (χ1v) is 19.9. The van der Waals surface area contributed by atoms with E-state index in [0.29, 0.717) is 42.7 Å². The molecule has 0 N–H and O–H groups in total. The second-order valence-corrected chi connectivity index (χ2v) is 16.2. The van der Waals surface area contributed by atoms with E-state index < -0.39 is 0 Å². The first-order chi connectivity index (χ1) is 22.1. The molecule has 0 unspecified atom stereocenters. The van der Waals surface area contributed by atoms with Gasteiger partial charge in [0.25, 0.3) is 0 Å². The van der Waals surface area contributed by atoms with E-state index in [9.17, 15) is 0 Å². The Balaban J connectivity index is 1.61. The van der Waals surface area contributed by atoms with E-state index in [2.05, 4.69) is 34.2 Å². The maximum absolute atomic E-state index is 7.16. The van der Waals surface area contributed by atoms with Crippen LogP contribution in [-0.4, -0.2) is 20.4 Å². The zero-order chi connectivity index (χ0) is 33.1. The fourth-order valence-electron chi connectivity index (χ4n) is 5.44. The van der Waals surface area contributed by atoms with Gasteiger partial charge in [0.05, 0.1) is 51.3 Å². The summed E-state index contributed by atoms with van der Waals surface area (Å²) in [6.45, 7) is 4.39. The molecule has 0 atom stereocenters. The number of halogens is 8. The minimum absolute atomic E-state index is 0.154. The molecule has 2 heterocycles. The van der Waals surface area contributed by atoms with Crippen molar-refractivity contribution in [3.63, 3.8) is 0 Å². The van der Waals surface area contributed by atoms with Crippen molar-refractivity contribution in [2.24, 2.45) is 0 Å². The molecule has 3 aromatic carbocycles. The van der Waals surface area contributed by atoms with Gasteiger partial charge in [0.15, 0.2) is 10.0 Å². The molecule has 4 nitrogen and oxygen atoms in total. The lowest BCUT2D eigenvalue weighted by molar-refractivity contribution is 0.630. The maximum atomic E-state index is 7.16. The number of fused-ring (bicyclic) bond motifs is 2. The van der Waals surface area contributed by atoms with Gasteiger partial charge in [0.2, 0.25) is 0 Å². The highest BCUT2D eigenvalue weighted by atomic mass is 35.5. The van der Waals surface area contributed by atoms with Crippen molar-refractivity contribution in [2.75, 3.05) is 0 Å². The number of aromatic nitrogens is 4. The minimum Gasteiger partial charge on any atom is -0.143 e. The summed E-state index contributed by atoms with van der Waals surface area (Å²) in [5.74, 6) is 0. The number of rotatable bonds is 14.